The molecule has 0 atom stereocenters. The standard InChI is InChI=1S/C27H23NO/c1-18(2)22-9-6-10-23-24-17-21(11-12-26(24)29-27(22)23)25-16-20(13-14-28-25)15-19-7-4-3-5-8-19/h3-14,16-18H,15H2,1-2H3/i15D2. The third kappa shape index (κ3) is 3.31. The van der Waals surface area contributed by atoms with E-state index in [2.05, 4.69) is 43.1 Å². The minimum atomic E-state index is -1.60. The fraction of sp³-hybridized carbons (Fsp3) is 0.148. The molecule has 0 N–H and O–H groups in total. The van der Waals surface area contributed by atoms with Crippen molar-refractivity contribution in [2.45, 2.75) is 26.1 Å². The number of aromatic nitrogens is 1. The second kappa shape index (κ2) is 7.21. The first kappa shape index (κ1) is 15.5. The van der Waals surface area contributed by atoms with E-state index < -0.39 is 6.37 Å². The van der Waals surface area contributed by atoms with E-state index in [4.69, 9.17) is 7.16 Å². The second-order valence-corrected chi connectivity index (χ2v) is 7.61. The van der Waals surface area contributed by atoms with Crippen molar-refractivity contribution < 1.29 is 7.16 Å². The van der Waals surface area contributed by atoms with Gasteiger partial charge in [0, 0.05) is 25.3 Å². The predicted molar refractivity (Wildman–Crippen MR) is 120 cm³/mol. The summed E-state index contributed by atoms with van der Waals surface area (Å²) in [6, 6.07) is 25.2. The molecular weight excluding hydrogens is 354 g/mol. The topological polar surface area (TPSA) is 26.0 Å². The zero-order valence-electron chi connectivity index (χ0n) is 18.5. The van der Waals surface area contributed by atoms with Gasteiger partial charge in [0.15, 0.2) is 0 Å². The van der Waals surface area contributed by atoms with Crippen molar-refractivity contribution in [3.05, 3.63) is 102 Å². The van der Waals surface area contributed by atoms with Crippen LogP contribution < -0.4 is 0 Å². The average molecular weight is 379 g/mol. The first-order valence-electron chi connectivity index (χ1n) is 10.9. The monoisotopic (exact) mass is 379 g/mol. The fourth-order valence-corrected chi connectivity index (χ4v) is 3.79. The molecule has 29 heavy (non-hydrogen) atoms. The summed E-state index contributed by atoms with van der Waals surface area (Å²) < 4.78 is 23.5. The Bertz CT molecular complexity index is 1390. The first-order valence-corrected chi connectivity index (χ1v) is 9.93. The normalized spacial score (nSPS) is 13.1. The molecule has 0 unspecified atom stereocenters. The molecule has 2 heterocycles. The van der Waals surface area contributed by atoms with E-state index in [9.17, 15) is 0 Å². The van der Waals surface area contributed by atoms with Crippen LogP contribution in [0.25, 0.3) is 33.2 Å². The van der Waals surface area contributed by atoms with E-state index in [1.165, 1.54) is 5.56 Å². The summed E-state index contributed by atoms with van der Waals surface area (Å²) in [7, 11) is 0. The molecule has 0 aliphatic heterocycles. The Balaban J connectivity index is 1.62. The van der Waals surface area contributed by atoms with E-state index in [0.29, 0.717) is 17.0 Å². The van der Waals surface area contributed by atoms with Crippen molar-refractivity contribution in [3.8, 4) is 11.3 Å². The van der Waals surface area contributed by atoms with Crippen LogP contribution in [0.2, 0.25) is 0 Å². The quantitative estimate of drug-likeness (QED) is 0.326. The number of pyridine rings is 1. The predicted octanol–water partition coefficient (Wildman–Crippen LogP) is 7.36. The second-order valence-electron chi connectivity index (χ2n) is 7.61. The number of furan rings is 1. The summed E-state index contributed by atoms with van der Waals surface area (Å²) >= 11 is 0. The van der Waals surface area contributed by atoms with E-state index in [0.717, 1.165) is 33.2 Å². The molecule has 0 aliphatic rings. The molecule has 0 saturated heterocycles. The number of fused-ring (bicyclic) bond motifs is 3. The number of rotatable bonds is 4. The molecule has 2 heteroatoms. The molecule has 142 valence electrons. The lowest BCUT2D eigenvalue weighted by atomic mass is 9.99. The molecule has 2 nitrogen and oxygen atoms in total. The molecule has 0 saturated carbocycles. The van der Waals surface area contributed by atoms with Crippen molar-refractivity contribution in [2.24, 2.45) is 0 Å². The minimum Gasteiger partial charge on any atom is -0.456 e. The van der Waals surface area contributed by atoms with Crippen LogP contribution >= 0.6 is 0 Å². The van der Waals surface area contributed by atoms with Crippen LogP contribution in [-0.4, -0.2) is 4.98 Å². The van der Waals surface area contributed by atoms with Gasteiger partial charge in [-0.2, -0.15) is 0 Å². The largest absolute Gasteiger partial charge is 0.456 e. The van der Waals surface area contributed by atoms with Crippen LogP contribution in [0.1, 0.15) is 39.2 Å². The van der Waals surface area contributed by atoms with E-state index >= 15 is 0 Å². The SMILES string of the molecule is [2H]C([2H])(c1ccccc1)c1ccnc(-c2ccc3oc4c(C(C)C)cccc4c3c2)c1. The smallest absolute Gasteiger partial charge is 0.138 e. The van der Waals surface area contributed by atoms with Crippen LogP contribution in [0.3, 0.4) is 0 Å². The molecule has 3 aromatic carbocycles. The van der Waals surface area contributed by atoms with E-state index in [-0.39, 0.29) is 0 Å². The number of hydrogen-bond donors (Lipinski definition) is 0. The molecule has 0 fully saturated rings. The Labute approximate surface area is 173 Å². The van der Waals surface area contributed by atoms with Gasteiger partial charge in [-0.05, 0) is 59.3 Å². The Morgan fingerprint density at radius 2 is 1.72 bits per heavy atom. The highest BCUT2D eigenvalue weighted by atomic mass is 16.3. The first-order chi connectivity index (χ1) is 14.9. The summed E-state index contributed by atoms with van der Waals surface area (Å²) in [6.07, 6.45) is 0.0809. The van der Waals surface area contributed by atoms with Crippen molar-refractivity contribution >= 4 is 21.9 Å². The van der Waals surface area contributed by atoms with Gasteiger partial charge in [0.05, 0.1) is 5.69 Å². The Morgan fingerprint density at radius 3 is 2.55 bits per heavy atom. The maximum absolute atomic E-state index is 8.67. The third-order valence-electron chi connectivity index (χ3n) is 5.27. The van der Waals surface area contributed by atoms with Gasteiger partial charge in [-0.25, -0.2) is 0 Å². The molecule has 5 rings (SSSR count). The van der Waals surface area contributed by atoms with Gasteiger partial charge in [0.25, 0.3) is 0 Å². The summed E-state index contributed by atoms with van der Waals surface area (Å²) in [6.45, 7) is 4.34. The molecule has 5 aromatic rings. The molecule has 0 bridgehead atoms. The average Bonchev–Trinajstić information content (AvgIpc) is 3.17. The Kier molecular flexibility index (Phi) is 3.86. The van der Waals surface area contributed by atoms with Crippen LogP contribution in [0, 0.1) is 0 Å². The lowest BCUT2D eigenvalue weighted by Gasteiger charge is -2.06. The summed E-state index contributed by atoms with van der Waals surface area (Å²) in [4.78, 5) is 4.54. The lowest BCUT2D eigenvalue weighted by Crippen LogP contribution is -1.91. The van der Waals surface area contributed by atoms with Crippen LogP contribution in [0.5, 0.6) is 0 Å². The molecule has 0 spiro atoms. The highest BCUT2D eigenvalue weighted by molar-refractivity contribution is 6.07. The van der Waals surface area contributed by atoms with Crippen molar-refractivity contribution in [1.29, 1.82) is 0 Å². The van der Waals surface area contributed by atoms with Crippen LogP contribution in [-0.2, 0) is 6.37 Å². The highest BCUT2D eigenvalue weighted by Crippen LogP contribution is 2.35. The molecular formula is C27H23NO. The van der Waals surface area contributed by atoms with Gasteiger partial charge in [0.2, 0.25) is 0 Å². The summed E-state index contributed by atoms with van der Waals surface area (Å²) in [5.41, 5.74) is 5.89. The van der Waals surface area contributed by atoms with Crippen LogP contribution in [0.4, 0.5) is 0 Å². The van der Waals surface area contributed by atoms with Gasteiger partial charge in [-0.15, -0.1) is 0 Å². The Morgan fingerprint density at radius 1 is 0.862 bits per heavy atom. The number of hydrogen-bond acceptors (Lipinski definition) is 2. The minimum absolute atomic E-state index is 0.377. The number of nitrogens with zero attached hydrogens (tertiary/aromatic N) is 1. The molecule has 2 aromatic heterocycles. The zero-order chi connectivity index (χ0) is 21.6. The van der Waals surface area contributed by atoms with Crippen molar-refractivity contribution in [2.75, 3.05) is 0 Å². The van der Waals surface area contributed by atoms with Crippen molar-refractivity contribution in [3.63, 3.8) is 0 Å². The Hall–Kier alpha value is -3.39. The fourth-order valence-electron chi connectivity index (χ4n) is 3.79. The van der Waals surface area contributed by atoms with E-state index in [1.807, 2.05) is 48.5 Å². The lowest BCUT2D eigenvalue weighted by molar-refractivity contribution is 0.657. The van der Waals surface area contributed by atoms with Crippen molar-refractivity contribution in [1.82, 2.24) is 4.98 Å². The zero-order valence-corrected chi connectivity index (χ0v) is 16.5. The van der Waals surface area contributed by atoms with E-state index in [1.54, 1.807) is 12.3 Å². The molecule has 0 radical (unpaired) electrons. The summed E-state index contributed by atoms with van der Waals surface area (Å²) in [5, 5.41) is 2.15. The molecule has 0 aliphatic carbocycles. The van der Waals surface area contributed by atoms with Gasteiger partial charge >= 0.3 is 0 Å². The maximum Gasteiger partial charge on any atom is 0.138 e. The van der Waals surface area contributed by atoms with Gasteiger partial charge in [-0.1, -0.05) is 62.4 Å². The maximum atomic E-state index is 8.67. The van der Waals surface area contributed by atoms with Gasteiger partial charge in [0.1, 0.15) is 11.2 Å². The van der Waals surface area contributed by atoms with Gasteiger partial charge in [-0.3, -0.25) is 4.98 Å². The number of benzene rings is 3. The number of para-hydroxylation sites is 1. The third-order valence-corrected chi connectivity index (χ3v) is 5.27. The van der Waals surface area contributed by atoms with Crippen LogP contribution in [0.15, 0.2) is 89.5 Å². The highest BCUT2D eigenvalue weighted by Gasteiger charge is 2.14. The molecule has 0 amide bonds. The summed E-state index contributed by atoms with van der Waals surface area (Å²) in [5.74, 6) is 0.377. The van der Waals surface area contributed by atoms with Gasteiger partial charge < -0.3 is 4.42 Å².